The number of carboxylic acid groups (broad SMARTS) is 2. The van der Waals surface area contributed by atoms with E-state index in [2.05, 4.69) is 19.1 Å². The van der Waals surface area contributed by atoms with E-state index in [0.717, 1.165) is 0 Å². The van der Waals surface area contributed by atoms with Crippen LogP contribution < -0.4 is 0 Å². The molecule has 0 aliphatic rings. The zero-order valence-electron chi connectivity index (χ0n) is 10.4. The molecule has 0 amide bonds. The maximum Gasteiger partial charge on any atom is 0.336 e. The number of aryl methyl sites for hydroxylation is 1. The van der Waals surface area contributed by atoms with Gasteiger partial charge in [-0.25, -0.2) is 9.59 Å². The van der Waals surface area contributed by atoms with Gasteiger partial charge in [-0.15, -0.1) is 0 Å². The zero-order chi connectivity index (χ0) is 14.3. The van der Waals surface area contributed by atoms with Gasteiger partial charge in [0.05, 0.1) is 11.1 Å². The molecule has 2 N–H and O–H groups in total. The van der Waals surface area contributed by atoms with Gasteiger partial charge >= 0.3 is 11.9 Å². The number of carbonyl (C=O) groups is 2. The Morgan fingerprint density at radius 2 is 1.11 bits per heavy atom. The van der Waals surface area contributed by atoms with Crippen molar-refractivity contribution >= 4 is 11.9 Å². The van der Waals surface area contributed by atoms with E-state index in [1.165, 1.54) is 29.8 Å². The molecule has 0 spiro atoms. The van der Waals surface area contributed by atoms with E-state index in [0.29, 0.717) is 0 Å². The van der Waals surface area contributed by atoms with Crippen molar-refractivity contribution in [1.82, 2.24) is 0 Å². The number of rotatable bonds is 2. The Morgan fingerprint density at radius 3 is 1.37 bits per heavy atom. The molecule has 0 bridgehead atoms. The number of hydrogen-bond donors (Lipinski definition) is 2. The van der Waals surface area contributed by atoms with Crippen LogP contribution in [0.4, 0.5) is 0 Å². The highest BCUT2D eigenvalue weighted by Crippen LogP contribution is 2.07. The SMILES string of the molecule is Cc1ccccc1.O=C(O)c1ccccc1C(=O)O. The highest BCUT2D eigenvalue weighted by Gasteiger charge is 2.13. The summed E-state index contributed by atoms with van der Waals surface area (Å²) in [6.07, 6.45) is 0. The number of hydrogen-bond acceptors (Lipinski definition) is 2. The van der Waals surface area contributed by atoms with Gasteiger partial charge in [-0.2, -0.15) is 0 Å². The van der Waals surface area contributed by atoms with Crippen molar-refractivity contribution in [3.63, 3.8) is 0 Å². The smallest absolute Gasteiger partial charge is 0.336 e. The highest BCUT2D eigenvalue weighted by molar-refractivity contribution is 6.01. The lowest BCUT2D eigenvalue weighted by Crippen LogP contribution is -2.06. The first-order valence-corrected chi connectivity index (χ1v) is 5.59. The van der Waals surface area contributed by atoms with Crippen LogP contribution in [0.15, 0.2) is 54.6 Å². The molecule has 0 aromatic heterocycles. The molecule has 4 heteroatoms. The predicted octanol–water partition coefficient (Wildman–Crippen LogP) is 3.08. The fourth-order valence-electron chi connectivity index (χ4n) is 1.39. The van der Waals surface area contributed by atoms with E-state index < -0.39 is 11.9 Å². The molecule has 0 radical (unpaired) electrons. The fourth-order valence-corrected chi connectivity index (χ4v) is 1.39. The third-order valence-electron chi connectivity index (χ3n) is 2.33. The molecular weight excluding hydrogens is 244 g/mol. The van der Waals surface area contributed by atoms with Crippen LogP contribution in [0.3, 0.4) is 0 Å². The minimum atomic E-state index is -1.23. The number of aromatic carboxylic acids is 2. The first-order valence-electron chi connectivity index (χ1n) is 5.59. The van der Waals surface area contributed by atoms with Gasteiger partial charge in [0.25, 0.3) is 0 Å². The van der Waals surface area contributed by atoms with Gasteiger partial charge in [0.15, 0.2) is 0 Å². The third kappa shape index (κ3) is 4.63. The monoisotopic (exact) mass is 258 g/mol. The lowest BCUT2D eigenvalue weighted by atomic mass is 10.1. The van der Waals surface area contributed by atoms with Crippen LogP contribution in [-0.2, 0) is 0 Å². The van der Waals surface area contributed by atoms with Crippen molar-refractivity contribution < 1.29 is 19.8 Å². The highest BCUT2D eigenvalue weighted by atomic mass is 16.4. The van der Waals surface area contributed by atoms with Crippen molar-refractivity contribution in [3.8, 4) is 0 Å². The van der Waals surface area contributed by atoms with E-state index in [1.807, 2.05) is 18.2 Å². The van der Waals surface area contributed by atoms with Gasteiger partial charge in [-0.1, -0.05) is 48.0 Å². The van der Waals surface area contributed by atoms with Crippen LogP contribution >= 0.6 is 0 Å². The van der Waals surface area contributed by atoms with Crippen LogP contribution in [0.1, 0.15) is 26.3 Å². The average Bonchev–Trinajstić information content (AvgIpc) is 2.40. The molecule has 4 nitrogen and oxygen atoms in total. The maximum atomic E-state index is 10.5. The summed E-state index contributed by atoms with van der Waals surface area (Å²) in [6, 6.07) is 15.7. The number of benzene rings is 2. The van der Waals surface area contributed by atoms with Crippen LogP contribution in [-0.4, -0.2) is 22.2 Å². The molecule has 0 atom stereocenters. The second-order valence-electron chi connectivity index (χ2n) is 3.81. The lowest BCUT2D eigenvalue weighted by molar-refractivity contribution is 0.0651. The quantitative estimate of drug-likeness (QED) is 0.868. The van der Waals surface area contributed by atoms with Gasteiger partial charge < -0.3 is 10.2 Å². The molecule has 2 aromatic rings. The Labute approximate surface area is 111 Å². The molecular formula is C15H14O4. The summed E-state index contributed by atoms with van der Waals surface area (Å²) in [5.74, 6) is -2.46. The maximum absolute atomic E-state index is 10.5. The summed E-state index contributed by atoms with van der Waals surface area (Å²) in [7, 11) is 0. The Morgan fingerprint density at radius 1 is 0.737 bits per heavy atom. The van der Waals surface area contributed by atoms with Crippen molar-refractivity contribution in [3.05, 3.63) is 71.3 Å². The van der Waals surface area contributed by atoms with E-state index in [9.17, 15) is 9.59 Å². The summed E-state index contributed by atoms with van der Waals surface area (Å²) in [5.41, 5.74) is 0.942. The van der Waals surface area contributed by atoms with E-state index >= 15 is 0 Å². The van der Waals surface area contributed by atoms with Crippen molar-refractivity contribution in [1.29, 1.82) is 0 Å². The molecule has 2 aromatic carbocycles. The summed E-state index contributed by atoms with van der Waals surface area (Å²) in [4.78, 5) is 20.9. The molecule has 19 heavy (non-hydrogen) atoms. The standard InChI is InChI=1S/C8H6O4.C7H8/c9-7(10)5-3-1-2-4-6(5)8(11)12;1-7-5-3-2-4-6-7/h1-4H,(H,9,10)(H,11,12);2-6H,1H3. The van der Waals surface area contributed by atoms with Gasteiger partial charge in [0.2, 0.25) is 0 Å². The van der Waals surface area contributed by atoms with Crippen LogP contribution in [0.5, 0.6) is 0 Å². The van der Waals surface area contributed by atoms with Crippen molar-refractivity contribution in [2.24, 2.45) is 0 Å². The van der Waals surface area contributed by atoms with E-state index in [-0.39, 0.29) is 11.1 Å². The largest absolute Gasteiger partial charge is 0.478 e. The molecule has 0 saturated heterocycles. The summed E-state index contributed by atoms with van der Waals surface area (Å²) in [5, 5.41) is 17.1. The van der Waals surface area contributed by atoms with Crippen LogP contribution in [0.25, 0.3) is 0 Å². The second kappa shape index (κ2) is 6.96. The summed E-state index contributed by atoms with van der Waals surface area (Å²) < 4.78 is 0. The molecule has 0 unspecified atom stereocenters. The third-order valence-corrected chi connectivity index (χ3v) is 2.33. The van der Waals surface area contributed by atoms with Gasteiger partial charge in [-0.05, 0) is 19.1 Å². The van der Waals surface area contributed by atoms with Crippen molar-refractivity contribution in [2.45, 2.75) is 6.92 Å². The number of carboxylic acids is 2. The second-order valence-corrected chi connectivity index (χ2v) is 3.81. The molecule has 0 aliphatic carbocycles. The van der Waals surface area contributed by atoms with E-state index in [4.69, 9.17) is 10.2 Å². The first kappa shape index (κ1) is 14.4. The van der Waals surface area contributed by atoms with Crippen molar-refractivity contribution in [2.75, 3.05) is 0 Å². The lowest BCUT2D eigenvalue weighted by Gasteiger charge is -1.98. The molecule has 2 rings (SSSR count). The minimum Gasteiger partial charge on any atom is -0.478 e. The first-order chi connectivity index (χ1) is 9.02. The van der Waals surface area contributed by atoms with Crippen LogP contribution in [0.2, 0.25) is 0 Å². The summed E-state index contributed by atoms with van der Waals surface area (Å²) in [6.45, 7) is 2.08. The predicted molar refractivity (Wildman–Crippen MR) is 71.5 cm³/mol. The molecule has 0 saturated carbocycles. The molecule has 0 heterocycles. The van der Waals surface area contributed by atoms with Gasteiger partial charge in [-0.3, -0.25) is 0 Å². The van der Waals surface area contributed by atoms with Gasteiger partial charge in [0.1, 0.15) is 0 Å². The Kier molecular flexibility index (Phi) is 5.29. The van der Waals surface area contributed by atoms with Gasteiger partial charge in [0, 0.05) is 0 Å². The minimum absolute atomic E-state index is 0.190. The van der Waals surface area contributed by atoms with E-state index in [1.54, 1.807) is 0 Å². The molecule has 98 valence electrons. The molecule has 0 aliphatic heterocycles. The zero-order valence-corrected chi connectivity index (χ0v) is 10.4. The fraction of sp³-hybridized carbons (Fsp3) is 0.0667. The van der Waals surface area contributed by atoms with Crippen LogP contribution in [0, 0.1) is 6.92 Å². The Hall–Kier alpha value is -2.62. The topological polar surface area (TPSA) is 74.6 Å². The molecule has 0 fully saturated rings. The normalized spacial score (nSPS) is 9.11. The summed E-state index contributed by atoms with van der Waals surface area (Å²) >= 11 is 0. The Bertz CT molecular complexity index is 528. The Balaban J connectivity index is 0.000000218. The average molecular weight is 258 g/mol.